The Balaban J connectivity index is 2.36. The van der Waals surface area contributed by atoms with Gasteiger partial charge in [0.1, 0.15) is 11.2 Å². The number of epoxide rings is 1. The molecular weight excluding hydrogens is 188 g/mol. The quantitative estimate of drug-likeness (QED) is 0.395. The molecular formula is C13H18O2. The molecule has 2 heteroatoms. The number of fused-ring (bicyclic) bond motifs is 1. The highest BCUT2D eigenvalue weighted by molar-refractivity contribution is 5.87. The van der Waals surface area contributed by atoms with E-state index < -0.39 is 0 Å². The fourth-order valence-electron chi connectivity index (χ4n) is 2.67. The van der Waals surface area contributed by atoms with E-state index in [0.717, 1.165) is 6.42 Å². The molecule has 1 saturated heterocycles. The standard InChI is InChI=1S/C13H18O2/c1-10(14)6-9-13-11(2,3)7-5-8-12(13,4)15-13/h5-6,8-9H,7H2,1-4H3. The van der Waals surface area contributed by atoms with Gasteiger partial charge in [-0.05, 0) is 32.4 Å². The largest absolute Gasteiger partial charge is 0.353 e. The third-order valence-electron chi connectivity index (χ3n) is 3.69. The molecule has 0 bridgehead atoms. The normalized spacial score (nSPS) is 41.6. The second-order valence-electron chi connectivity index (χ2n) is 5.38. The van der Waals surface area contributed by atoms with Crippen molar-refractivity contribution in [3.8, 4) is 0 Å². The summed E-state index contributed by atoms with van der Waals surface area (Å²) in [5.41, 5.74) is -0.427. The fraction of sp³-hybridized carbons (Fsp3) is 0.615. The third kappa shape index (κ3) is 1.31. The van der Waals surface area contributed by atoms with Crippen LogP contribution < -0.4 is 0 Å². The van der Waals surface area contributed by atoms with Crippen LogP contribution in [0.3, 0.4) is 0 Å². The molecule has 82 valence electrons. The maximum atomic E-state index is 11.0. The van der Waals surface area contributed by atoms with Crippen molar-refractivity contribution in [3.05, 3.63) is 24.3 Å². The number of carbonyl (C=O) groups is 1. The van der Waals surface area contributed by atoms with E-state index in [1.807, 2.05) is 6.08 Å². The number of ketones is 1. The first-order chi connectivity index (χ1) is 6.83. The lowest BCUT2D eigenvalue weighted by Gasteiger charge is -2.33. The Morgan fingerprint density at radius 3 is 2.60 bits per heavy atom. The van der Waals surface area contributed by atoms with Crippen LogP contribution in [0.25, 0.3) is 0 Å². The first kappa shape index (κ1) is 10.6. The molecule has 2 rings (SSSR count). The summed E-state index contributed by atoms with van der Waals surface area (Å²) in [6.45, 7) is 8.02. The molecule has 1 heterocycles. The van der Waals surface area contributed by atoms with Crippen molar-refractivity contribution < 1.29 is 9.53 Å². The molecule has 0 aromatic rings. The van der Waals surface area contributed by atoms with Gasteiger partial charge in [-0.15, -0.1) is 0 Å². The molecule has 15 heavy (non-hydrogen) atoms. The summed E-state index contributed by atoms with van der Waals surface area (Å²) in [4.78, 5) is 11.0. The second kappa shape index (κ2) is 2.82. The van der Waals surface area contributed by atoms with E-state index in [-0.39, 0.29) is 22.4 Å². The summed E-state index contributed by atoms with van der Waals surface area (Å²) in [7, 11) is 0. The van der Waals surface area contributed by atoms with Crippen LogP contribution >= 0.6 is 0 Å². The first-order valence-corrected chi connectivity index (χ1v) is 5.41. The van der Waals surface area contributed by atoms with E-state index in [1.165, 1.54) is 0 Å². The lowest BCUT2D eigenvalue weighted by Crippen LogP contribution is -2.38. The zero-order valence-corrected chi connectivity index (χ0v) is 9.83. The Kier molecular flexibility index (Phi) is 2.00. The van der Waals surface area contributed by atoms with Crippen molar-refractivity contribution in [1.82, 2.24) is 0 Å². The highest BCUT2D eigenvalue weighted by Gasteiger charge is 2.71. The SMILES string of the molecule is CC(=O)C=CC12OC1(C)C=CCC2(C)C. The highest BCUT2D eigenvalue weighted by atomic mass is 16.6. The van der Waals surface area contributed by atoms with E-state index in [9.17, 15) is 4.79 Å². The molecule has 1 aliphatic heterocycles. The molecule has 2 nitrogen and oxygen atoms in total. The summed E-state index contributed by atoms with van der Waals surface area (Å²) >= 11 is 0. The van der Waals surface area contributed by atoms with Gasteiger partial charge in [0.25, 0.3) is 0 Å². The average Bonchev–Trinajstić information content (AvgIpc) is 2.70. The summed E-state index contributed by atoms with van der Waals surface area (Å²) in [6, 6.07) is 0. The van der Waals surface area contributed by atoms with Gasteiger partial charge >= 0.3 is 0 Å². The minimum atomic E-state index is -0.277. The van der Waals surface area contributed by atoms with Gasteiger partial charge in [-0.3, -0.25) is 4.79 Å². The molecule has 0 saturated carbocycles. The number of ether oxygens (including phenoxy) is 1. The topological polar surface area (TPSA) is 29.6 Å². The van der Waals surface area contributed by atoms with E-state index in [1.54, 1.807) is 13.0 Å². The molecule has 2 atom stereocenters. The zero-order valence-electron chi connectivity index (χ0n) is 9.83. The van der Waals surface area contributed by atoms with Gasteiger partial charge in [0, 0.05) is 5.41 Å². The van der Waals surface area contributed by atoms with Crippen molar-refractivity contribution >= 4 is 5.78 Å². The van der Waals surface area contributed by atoms with Crippen LogP contribution in [-0.2, 0) is 9.53 Å². The van der Waals surface area contributed by atoms with Crippen molar-refractivity contribution in [2.24, 2.45) is 5.41 Å². The first-order valence-electron chi connectivity index (χ1n) is 5.41. The van der Waals surface area contributed by atoms with E-state index in [4.69, 9.17) is 4.74 Å². The van der Waals surface area contributed by atoms with Gasteiger partial charge < -0.3 is 4.74 Å². The van der Waals surface area contributed by atoms with Gasteiger partial charge in [0.05, 0.1) is 0 Å². The van der Waals surface area contributed by atoms with E-state index in [2.05, 4.69) is 32.9 Å². The fourth-order valence-corrected chi connectivity index (χ4v) is 2.67. The minimum Gasteiger partial charge on any atom is -0.353 e. The smallest absolute Gasteiger partial charge is 0.152 e. The lowest BCUT2D eigenvalue weighted by atomic mass is 9.67. The molecule has 2 aliphatic rings. The van der Waals surface area contributed by atoms with Crippen molar-refractivity contribution in [2.45, 2.75) is 45.3 Å². The molecule has 0 aromatic heterocycles. The molecule has 0 radical (unpaired) electrons. The van der Waals surface area contributed by atoms with E-state index in [0.29, 0.717) is 0 Å². The number of allylic oxidation sites excluding steroid dienone is 2. The maximum absolute atomic E-state index is 11.0. The zero-order chi connectivity index (χ0) is 11.3. The second-order valence-corrected chi connectivity index (χ2v) is 5.38. The molecule has 0 N–H and O–H groups in total. The van der Waals surface area contributed by atoms with Crippen LogP contribution in [0.4, 0.5) is 0 Å². The van der Waals surface area contributed by atoms with Crippen LogP contribution in [0.1, 0.15) is 34.1 Å². The Morgan fingerprint density at radius 1 is 1.40 bits per heavy atom. The predicted octanol–water partition coefficient (Wildman–Crippen LogP) is 2.65. The van der Waals surface area contributed by atoms with Gasteiger partial charge in [-0.1, -0.05) is 26.0 Å². The Bertz CT molecular complexity index is 365. The van der Waals surface area contributed by atoms with Crippen molar-refractivity contribution in [3.63, 3.8) is 0 Å². The highest BCUT2D eigenvalue weighted by Crippen LogP contribution is 2.63. The average molecular weight is 206 g/mol. The maximum Gasteiger partial charge on any atom is 0.152 e. The number of carbonyl (C=O) groups excluding carboxylic acids is 1. The van der Waals surface area contributed by atoms with Gasteiger partial charge in [0.2, 0.25) is 0 Å². The summed E-state index contributed by atoms with van der Waals surface area (Å²) < 4.78 is 5.89. The molecule has 2 unspecified atom stereocenters. The minimum absolute atomic E-state index is 0.0580. The third-order valence-corrected chi connectivity index (χ3v) is 3.69. The Morgan fingerprint density at radius 2 is 2.07 bits per heavy atom. The van der Waals surface area contributed by atoms with Crippen LogP contribution in [0.5, 0.6) is 0 Å². The van der Waals surface area contributed by atoms with Crippen molar-refractivity contribution in [2.75, 3.05) is 0 Å². The number of hydrogen-bond acceptors (Lipinski definition) is 2. The Hall–Kier alpha value is -0.890. The van der Waals surface area contributed by atoms with Gasteiger partial charge in [-0.2, -0.15) is 0 Å². The number of rotatable bonds is 2. The lowest BCUT2D eigenvalue weighted by molar-refractivity contribution is -0.112. The van der Waals surface area contributed by atoms with Crippen molar-refractivity contribution in [1.29, 1.82) is 0 Å². The monoisotopic (exact) mass is 206 g/mol. The Labute approximate surface area is 91.0 Å². The van der Waals surface area contributed by atoms with Gasteiger partial charge in [0.15, 0.2) is 5.78 Å². The molecule has 0 spiro atoms. The summed E-state index contributed by atoms with van der Waals surface area (Å²) in [5, 5.41) is 0. The molecule has 0 amide bonds. The molecule has 1 fully saturated rings. The summed E-state index contributed by atoms with van der Waals surface area (Å²) in [6.07, 6.45) is 8.85. The molecule has 1 aliphatic carbocycles. The van der Waals surface area contributed by atoms with Crippen LogP contribution in [0, 0.1) is 5.41 Å². The summed E-state index contributed by atoms with van der Waals surface area (Å²) in [5.74, 6) is 0.0765. The number of hydrogen-bond donors (Lipinski definition) is 0. The van der Waals surface area contributed by atoms with Crippen LogP contribution in [0.2, 0.25) is 0 Å². The van der Waals surface area contributed by atoms with Crippen LogP contribution in [0.15, 0.2) is 24.3 Å². The predicted molar refractivity (Wildman–Crippen MR) is 59.6 cm³/mol. The van der Waals surface area contributed by atoms with Crippen LogP contribution in [-0.4, -0.2) is 17.0 Å². The van der Waals surface area contributed by atoms with Gasteiger partial charge in [-0.25, -0.2) is 0 Å². The molecule has 0 aromatic carbocycles. The van der Waals surface area contributed by atoms with E-state index >= 15 is 0 Å².